The molecule has 0 radical (unpaired) electrons. The maximum absolute atomic E-state index is 4.32. The summed E-state index contributed by atoms with van der Waals surface area (Å²) < 4.78 is 0. The van der Waals surface area contributed by atoms with E-state index >= 15 is 0 Å². The lowest BCUT2D eigenvalue weighted by molar-refractivity contribution is 0.735. The Balaban J connectivity index is 2.83. The van der Waals surface area contributed by atoms with E-state index in [1.54, 1.807) is 12.4 Å². The average Bonchev–Trinajstić information content (AvgIpc) is 1.77. The molecule has 3 heteroatoms. The van der Waals surface area contributed by atoms with Crippen molar-refractivity contribution in [3.63, 3.8) is 0 Å². The van der Waals surface area contributed by atoms with Gasteiger partial charge < -0.3 is 5.32 Å². The molecule has 1 N–H and O–H groups in total. The van der Waals surface area contributed by atoms with E-state index in [1.165, 1.54) is 0 Å². The largest absolute Gasteiger partial charge is 0.371 e. The minimum Gasteiger partial charge on any atom is -0.371 e. The van der Waals surface area contributed by atoms with Gasteiger partial charge in [-0.3, -0.25) is 4.99 Å². The summed E-state index contributed by atoms with van der Waals surface area (Å²) in [6.45, 7) is 3.92. The number of thiol groups is 1. The van der Waals surface area contributed by atoms with E-state index in [1.807, 2.05) is 13.8 Å². The fraction of sp³-hybridized carbons (Fsp3) is 0.500. The molecule has 1 aliphatic rings. The second-order valence-corrected chi connectivity index (χ2v) is 3.14. The van der Waals surface area contributed by atoms with Gasteiger partial charge in [0.15, 0.2) is 0 Å². The van der Waals surface area contributed by atoms with Crippen LogP contribution < -0.4 is 5.32 Å². The van der Waals surface area contributed by atoms with Crippen molar-refractivity contribution in [1.82, 2.24) is 5.32 Å². The maximum atomic E-state index is 4.32. The number of aliphatic imine (C=N–C) groups is 1. The zero-order chi connectivity index (χ0) is 6.91. The van der Waals surface area contributed by atoms with Gasteiger partial charge in [-0.05, 0) is 13.8 Å². The lowest BCUT2D eigenvalue weighted by atomic mass is 10.2. The number of hydrogen-bond donors (Lipinski definition) is 2. The molecule has 1 aliphatic heterocycles. The molecule has 0 saturated heterocycles. The third-order valence-electron chi connectivity index (χ3n) is 1.41. The van der Waals surface area contributed by atoms with Crippen LogP contribution in [-0.2, 0) is 0 Å². The molecule has 2 nitrogen and oxygen atoms in total. The normalized spacial score (nSPS) is 33.4. The van der Waals surface area contributed by atoms with Crippen LogP contribution in [0.4, 0.5) is 0 Å². The van der Waals surface area contributed by atoms with Gasteiger partial charge in [0.25, 0.3) is 0 Å². The number of hydrogen-bond acceptors (Lipinski definition) is 3. The summed E-state index contributed by atoms with van der Waals surface area (Å²) in [6.07, 6.45) is 3.52. The zero-order valence-electron chi connectivity index (χ0n) is 5.55. The van der Waals surface area contributed by atoms with E-state index in [9.17, 15) is 0 Å². The highest BCUT2D eigenvalue weighted by Gasteiger charge is 2.21. The SMILES string of the molecule is CC1=NC=CNC1(C)S. The van der Waals surface area contributed by atoms with Crippen molar-refractivity contribution < 1.29 is 0 Å². The zero-order valence-corrected chi connectivity index (χ0v) is 6.44. The van der Waals surface area contributed by atoms with Crippen LogP contribution in [0.25, 0.3) is 0 Å². The molecular formula is C6H10N2S. The van der Waals surface area contributed by atoms with Crippen LogP contribution >= 0.6 is 12.6 Å². The predicted molar refractivity (Wildman–Crippen MR) is 42.8 cm³/mol. The quantitative estimate of drug-likeness (QED) is 0.487. The number of rotatable bonds is 0. The second kappa shape index (κ2) is 2.06. The van der Waals surface area contributed by atoms with Crippen LogP contribution in [0.3, 0.4) is 0 Å². The minimum atomic E-state index is -0.255. The molecule has 0 bridgehead atoms. The lowest BCUT2D eigenvalue weighted by Crippen LogP contribution is -2.41. The maximum Gasteiger partial charge on any atom is 0.116 e. The molecule has 50 valence electrons. The molecule has 0 aromatic rings. The summed E-state index contributed by atoms with van der Waals surface area (Å²) in [6, 6.07) is 0. The lowest BCUT2D eigenvalue weighted by Gasteiger charge is -2.25. The molecule has 0 aromatic carbocycles. The van der Waals surface area contributed by atoms with Gasteiger partial charge in [-0.1, -0.05) is 0 Å². The molecule has 1 rings (SSSR count). The Bertz CT molecular complexity index is 170. The first-order valence-corrected chi connectivity index (χ1v) is 3.27. The molecule has 0 amide bonds. The van der Waals surface area contributed by atoms with Crippen LogP contribution in [-0.4, -0.2) is 10.6 Å². The van der Waals surface area contributed by atoms with Gasteiger partial charge in [-0.25, -0.2) is 0 Å². The van der Waals surface area contributed by atoms with Crippen molar-refractivity contribution in [3.05, 3.63) is 12.4 Å². The van der Waals surface area contributed by atoms with Crippen LogP contribution in [0.2, 0.25) is 0 Å². The summed E-state index contributed by atoms with van der Waals surface area (Å²) in [4.78, 5) is 3.82. The van der Waals surface area contributed by atoms with Gasteiger partial charge in [0, 0.05) is 18.1 Å². The molecule has 1 atom stereocenters. The van der Waals surface area contributed by atoms with E-state index in [0.717, 1.165) is 5.71 Å². The molecule has 1 unspecified atom stereocenters. The second-order valence-electron chi connectivity index (χ2n) is 2.25. The van der Waals surface area contributed by atoms with E-state index < -0.39 is 0 Å². The van der Waals surface area contributed by atoms with Crippen molar-refractivity contribution in [2.24, 2.45) is 4.99 Å². The van der Waals surface area contributed by atoms with E-state index in [2.05, 4.69) is 22.9 Å². The Hall–Kier alpha value is -0.440. The van der Waals surface area contributed by atoms with Crippen LogP contribution in [0.1, 0.15) is 13.8 Å². The number of nitrogens with zero attached hydrogens (tertiary/aromatic N) is 1. The van der Waals surface area contributed by atoms with E-state index in [4.69, 9.17) is 0 Å². The third kappa shape index (κ3) is 1.27. The van der Waals surface area contributed by atoms with Crippen molar-refractivity contribution in [2.75, 3.05) is 0 Å². The first kappa shape index (κ1) is 6.68. The summed E-state index contributed by atoms with van der Waals surface area (Å²) in [5.74, 6) is 0. The summed E-state index contributed by atoms with van der Waals surface area (Å²) in [7, 11) is 0. The molecule has 0 fully saturated rings. The minimum absolute atomic E-state index is 0.255. The molecule has 0 aromatic heterocycles. The van der Waals surface area contributed by atoms with Gasteiger partial charge in [0.05, 0.1) is 0 Å². The van der Waals surface area contributed by atoms with Crippen molar-refractivity contribution >= 4 is 18.3 Å². The van der Waals surface area contributed by atoms with Gasteiger partial charge >= 0.3 is 0 Å². The standard InChI is InChI=1S/C6H10N2S/c1-5-6(2,9)8-4-3-7-5/h3-4,8-9H,1-2H3. The molecule has 0 aliphatic carbocycles. The van der Waals surface area contributed by atoms with Crippen LogP contribution in [0.5, 0.6) is 0 Å². The third-order valence-corrected chi connectivity index (χ3v) is 1.86. The fourth-order valence-electron chi connectivity index (χ4n) is 0.579. The first-order valence-electron chi connectivity index (χ1n) is 2.83. The molecule has 9 heavy (non-hydrogen) atoms. The first-order chi connectivity index (χ1) is 4.13. The summed E-state index contributed by atoms with van der Waals surface area (Å²) >= 11 is 4.32. The highest BCUT2D eigenvalue weighted by Crippen LogP contribution is 2.14. The molecule has 0 spiro atoms. The Morgan fingerprint density at radius 3 is 2.78 bits per heavy atom. The van der Waals surface area contributed by atoms with Crippen molar-refractivity contribution in [2.45, 2.75) is 18.7 Å². The van der Waals surface area contributed by atoms with Gasteiger partial charge in [-0.2, -0.15) is 0 Å². The van der Waals surface area contributed by atoms with E-state index in [-0.39, 0.29) is 4.87 Å². The number of nitrogens with one attached hydrogen (secondary N) is 1. The monoisotopic (exact) mass is 142 g/mol. The summed E-state index contributed by atoms with van der Waals surface area (Å²) in [5, 5.41) is 3.06. The highest BCUT2D eigenvalue weighted by molar-refractivity contribution is 7.82. The fourth-order valence-corrected chi connectivity index (χ4v) is 0.711. The Kier molecular flexibility index (Phi) is 1.53. The van der Waals surface area contributed by atoms with Crippen LogP contribution in [0, 0.1) is 0 Å². The topological polar surface area (TPSA) is 24.4 Å². The summed E-state index contributed by atoms with van der Waals surface area (Å²) in [5.41, 5.74) is 0.994. The van der Waals surface area contributed by atoms with E-state index in [0.29, 0.717) is 0 Å². The smallest absolute Gasteiger partial charge is 0.116 e. The molecule has 0 saturated carbocycles. The van der Waals surface area contributed by atoms with Gasteiger partial charge in [0.1, 0.15) is 4.87 Å². The van der Waals surface area contributed by atoms with Gasteiger partial charge in [-0.15, -0.1) is 12.6 Å². The molecular weight excluding hydrogens is 132 g/mol. The Labute approximate surface area is 60.5 Å². The van der Waals surface area contributed by atoms with Crippen molar-refractivity contribution in [1.29, 1.82) is 0 Å². The molecule has 1 heterocycles. The predicted octanol–water partition coefficient (Wildman–Crippen LogP) is 1.17. The Morgan fingerprint density at radius 1 is 1.78 bits per heavy atom. The van der Waals surface area contributed by atoms with Gasteiger partial charge in [0.2, 0.25) is 0 Å². The Morgan fingerprint density at radius 2 is 2.44 bits per heavy atom. The average molecular weight is 142 g/mol. The van der Waals surface area contributed by atoms with Crippen LogP contribution in [0.15, 0.2) is 17.4 Å². The van der Waals surface area contributed by atoms with Crippen molar-refractivity contribution in [3.8, 4) is 0 Å². The highest BCUT2D eigenvalue weighted by atomic mass is 32.1.